The zero-order valence-electron chi connectivity index (χ0n) is 6.72. The van der Waals surface area contributed by atoms with Gasteiger partial charge in [-0.3, -0.25) is 0 Å². The summed E-state index contributed by atoms with van der Waals surface area (Å²) in [4.78, 5) is 0. The van der Waals surface area contributed by atoms with Crippen molar-refractivity contribution in [3.8, 4) is 0 Å². The SMILES string of the molecule is [O]CCCNc1cccc(Cl)c1. The normalized spacial score (nSPS) is 9.83. The monoisotopic (exact) mass is 184 g/mol. The summed E-state index contributed by atoms with van der Waals surface area (Å²) in [5.74, 6) is 0. The fourth-order valence-corrected chi connectivity index (χ4v) is 1.09. The van der Waals surface area contributed by atoms with Gasteiger partial charge in [0.1, 0.15) is 0 Å². The first kappa shape index (κ1) is 9.36. The molecule has 1 radical (unpaired) electrons. The average molecular weight is 185 g/mol. The third kappa shape index (κ3) is 3.11. The van der Waals surface area contributed by atoms with Crippen LogP contribution in [0.15, 0.2) is 24.3 Å². The third-order valence-corrected chi connectivity index (χ3v) is 1.71. The molecule has 0 aliphatic carbocycles. The van der Waals surface area contributed by atoms with Gasteiger partial charge in [-0.15, -0.1) is 0 Å². The van der Waals surface area contributed by atoms with Crippen LogP contribution in [0.2, 0.25) is 5.02 Å². The van der Waals surface area contributed by atoms with Gasteiger partial charge in [0.05, 0.1) is 6.61 Å². The highest BCUT2D eigenvalue weighted by Crippen LogP contribution is 2.14. The van der Waals surface area contributed by atoms with E-state index in [9.17, 15) is 5.11 Å². The van der Waals surface area contributed by atoms with E-state index in [0.717, 1.165) is 5.69 Å². The summed E-state index contributed by atoms with van der Waals surface area (Å²) in [7, 11) is 0. The van der Waals surface area contributed by atoms with Crippen LogP contribution in [0.25, 0.3) is 0 Å². The van der Waals surface area contributed by atoms with E-state index in [1.807, 2.05) is 24.3 Å². The number of rotatable bonds is 4. The lowest BCUT2D eigenvalue weighted by molar-refractivity contribution is 0.192. The van der Waals surface area contributed by atoms with Crippen LogP contribution in [0.1, 0.15) is 6.42 Å². The maximum atomic E-state index is 10.1. The molecule has 1 rings (SSSR count). The Labute approximate surface area is 77.2 Å². The number of hydrogen-bond acceptors (Lipinski definition) is 1. The average Bonchev–Trinajstić information content (AvgIpc) is 2.05. The van der Waals surface area contributed by atoms with Crippen molar-refractivity contribution in [2.24, 2.45) is 0 Å². The maximum Gasteiger partial charge on any atom is 0.0839 e. The van der Waals surface area contributed by atoms with Crippen molar-refractivity contribution in [3.05, 3.63) is 29.3 Å². The first-order chi connectivity index (χ1) is 5.83. The predicted octanol–water partition coefficient (Wildman–Crippen LogP) is 2.57. The Hall–Kier alpha value is -0.730. The number of nitrogens with one attached hydrogen (secondary N) is 1. The van der Waals surface area contributed by atoms with Gasteiger partial charge in [-0.2, -0.15) is 0 Å². The van der Waals surface area contributed by atoms with Gasteiger partial charge < -0.3 is 5.32 Å². The molecule has 1 N–H and O–H groups in total. The van der Waals surface area contributed by atoms with Crippen molar-refractivity contribution in [2.45, 2.75) is 6.42 Å². The molecule has 0 aliphatic heterocycles. The van der Waals surface area contributed by atoms with Crippen LogP contribution in [-0.4, -0.2) is 13.2 Å². The molecular weight excluding hydrogens is 174 g/mol. The fourth-order valence-electron chi connectivity index (χ4n) is 0.903. The van der Waals surface area contributed by atoms with Crippen molar-refractivity contribution in [1.82, 2.24) is 0 Å². The van der Waals surface area contributed by atoms with Crippen LogP contribution >= 0.6 is 11.6 Å². The van der Waals surface area contributed by atoms with Crippen LogP contribution in [0.4, 0.5) is 5.69 Å². The van der Waals surface area contributed by atoms with Crippen LogP contribution in [0.5, 0.6) is 0 Å². The van der Waals surface area contributed by atoms with Gasteiger partial charge in [0, 0.05) is 17.3 Å². The molecule has 0 amide bonds. The van der Waals surface area contributed by atoms with E-state index >= 15 is 0 Å². The second kappa shape index (κ2) is 5.01. The van der Waals surface area contributed by atoms with Crippen molar-refractivity contribution < 1.29 is 5.11 Å². The van der Waals surface area contributed by atoms with Crippen LogP contribution in [-0.2, 0) is 5.11 Å². The summed E-state index contributed by atoms with van der Waals surface area (Å²) >= 11 is 5.76. The summed E-state index contributed by atoms with van der Waals surface area (Å²) in [6.45, 7) is 0.678. The second-order valence-corrected chi connectivity index (χ2v) is 2.93. The van der Waals surface area contributed by atoms with Gasteiger partial charge in [-0.25, -0.2) is 5.11 Å². The summed E-state index contributed by atoms with van der Waals surface area (Å²) in [6, 6.07) is 7.46. The van der Waals surface area contributed by atoms with Gasteiger partial charge in [-0.05, 0) is 24.6 Å². The van der Waals surface area contributed by atoms with E-state index in [1.165, 1.54) is 0 Å². The summed E-state index contributed by atoms with van der Waals surface area (Å²) in [6.07, 6.45) is 0.645. The van der Waals surface area contributed by atoms with E-state index in [0.29, 0.717) is 18.0 Å². The van der Waals surface area contributed by atoms with Crippen LogP contribution in [0, 0.1) is 0 Å². The lowest BCUT2D eigenvalue weighted by atomic mass is 10.3. The first-order valence-corrected chi connectivity index (χ1v) is 4.28. The smallest absolute Gasteiger partial charge is 0.0839 e. The van der Waals surface area contributed by atoms with Gasteiger partial charge in [-0.1, -0.05) is 17.7 Å². The molecule has 2 nitrogen and oxygen atoms in total. The Balaban J connectivity index is 2.41. The first-order valence-electron chi connectivity index (χ1n) is 3.90. The predicted molar refractivity (Wildman–Crippen MR) is 50.1 cm³/mol. The van der Waals surface area contributed by atoms with E-state index < -0.39 is 0 Å². The zero-order valence-corrected chi connectivity index (χ0v) is 7.47. The molecule has 0 fully saturated rings. The quantitative estimate of drug-likeness (QED) is 0.717. The minimum absolute atomic E-state index is 0.0342. The number of anilines is 1. The van der Waals surface area contributed by atoms with Crippen molar-refractivity contribution in [1.29, 1.82) is 0 Å². The molecule has 0 bridgehead atoms. The Bertz CT molecular complexity index is 240. The highest BCUT2D eigenvalue weighted by Gasteiger charge is 1.91. The summed E-state index contributed by atoms with van der Waals surface area (Å²) in [5.41, 5.74) is 0.968. The molecule has 0 aliphatic rings. The number of benzene rings is 1. The van der Waals surface area contributed by atoms with E-state index in [1.54, 1.807) is 0 Å². The van der Waals surface area contributed by atoms with Crippen molar-refractivity contribution >= 4 is 17.3 Å². The molecule has 0 heterocycles. The molecule has 0 unspecified atom stereocenters. The Morgan fingerprint density at radius 1 is 1.42 bits per heavy atom. The highest BCUT2D eigenvalue weighted by atomic mass is 35.5. The highest BCUT2D eigenvalue weighted by molar-refractivity contribution is 6.30. The molecule has 3 heteroatoms. The number of hydrogen-bond donors (Lipinski definition) is 1. The molecule has 0 spiro atoms. The van der Waals surface area contributed by atoms with Crippen LogP contribution < -0.4 is 5.32 Å². The lowest BCUT2D eigenvalue weighted by Crippen LogP contribution is -2.02. The molecule has 0 aromatic heterocycles. The van der Waals surface area contributed by atoms with Gasteiger partial charge in [0.25, 0.3) is 0 Å². The molecule has 65 valence electrons. The molecule has 1 aromatic rings. The largest absolute Gasteiger partial charge is 0.385 e. The minimum Gasteiger partial charge on any atom is -0.385 e. The van der Waals surface area contributed by atoms with E-state index in [-0.39, 0.29) is 6.61 Å². The maximum absolute atomic E-state index is 10.1. The van der Waals surface area contributed by atoms with Crippen molar-refractivity contribution in [3.63, 3.8) is 0 Å². The fraction of sp³-hybridized carbons (Fsp3) is 0.333. The Morgan fingerprint density at radius 2 is 2.25 bits per heavy atom. The molecule has 0 saturated heterocycles. The molecule has 0 atom stereocenters. The summed E-state index contributed by atoms with van der Waals surface area (Å²) < 4.78 is 0. The Morgan fingerprint density at radius 3 is 2.92 bits per heavy atom. The molecule has 1 aromatic carbocycles. The number of halogens is 1. The zero-order chi connectivity index (χ0) is 8.81. The molecule has 12 heavy (non-hydrogen) atoms. The van der Waals surface area contributed by atoms with Gasteiger partial charge in [0.2, 0.25) is 0 Å². The second-order valence-electron chi connectivity index (χ2n) is 2.49. The van der Waals surface area contributed by atoms with Crippen LogP contribution in [0.3, 0.4) is 0 Å². The minimum atomic E-state index is -0.0342. The Kier molecular flexibility index (Phi) is 3.91. The third-order valence-electron chi connectivity index (χ3n) is 1.47. The van der Waals surface area contributed by atoms with E-state index in [2.05, 4.69) is 5.32 Å². The molecular formula is C9H11ClNO. The standard InChI is InChI=1S/C9H11ClNO/c10-8-3-1-4-9(7-8)11-5-2-6-12/h1,3-4,7,11H,2,5-6H2. The van der Waals surface area contributed by atoms with Gasteiger partial charge >= 0.3 is 0 Å². The molecule has 0 saturated carbocycles. The lowest BCUT2D eigenvalue weighted by Gasteiger charge is -2.04. The van der Waals surface area contributed by atoms with E-state index in [4.69, 9.17) is 11.6 Å². The topological polar surface area (TPSA) is 31.9 Å². The van der Waals surface area contributed by atoms with Gasteiger partial charge in [0.15, 0.2) is 0 Å². The summed E-state index contributed by atoms with van der Waals surface area (Å²) in [5, 5.41) is 13.9. The van der Waals surface area contributed by atoms with Crippen molar-refractivity contribution in [2.75, 3.05) is 18.5 Å².